The standard InChI is InChI=1S/C16H13Cl2NO3S/c1-9-3-5-10(6-4-9)19-8-12(16(21)22-2)14(20)11-7-13(17)23-15(11)18/h3-8,20H,1-2H3/b14-12-,19-8?. The molecule has 23 heavy (non-hydrogen) atoms. The number of thiophene rings is 1. The van der Waals surface area contributed by atoms with Gasteiger partial charge in [0.05, 0.1) is 17.1 Å². The molecule has 4 nitrogen and oxygen atoms in total. The smallest absolute Gasteiger partial charge is 0.343 e. The second-order valence-corrected chi connectivity index (χ2v) is 6.87. The Morgan fingerprint density at radius 2 is 1.96 bits per heavy atom. The van der Waals surface area contributed by atoms with E-state index in [0.29, 0.717) is 10.0 Å². The van der Waals surface area contributed by atoms with Crippen molar-refractivity contribution in [3.05, 3.63) is 55.7 Å². The first-order chi connectivity index (χ1) is 10.9. The van der Waals surface area contributed by atoms with E-state index in [9.17, 15) is 9.90 Å². The highest BCUT2D eigenvalue weighted by Gasteiger charge is 2.19. The average Bonchev–Trinajstić information content (AvgIpc) is 2.87. The van der Waals surface area contributed by atoms with Gasteiger partial charge in [-0.2, -0.15) is 0 Å². The van der Waals surface area contributed by atoms with Crippen molar-refractivity contribution in [1.82, 2.24) is 0 Å². The lowest BCUT2D eigenvalue weighted by Gasteiger charge is -2.04. The first kappa shape index (κ1) is 17.5. The van der Waals surface area contributed by atoms with E-state index in [4.69, 9.17) is 23.2 Å². The summed E-state index contributed by atoms with van der Waals surface area (Å²) in [7, 11) is 1.22. The fraction of sp³-hybridized carbons (Fsp3) is 0.125. The number of nitrogens with zero attached hydrogens (tertiary/aromatic N) is 1. The van der Waals surface area contributed by atoms with Crippen molar-refractivity contribution in [2.24, 2.45) is 4.99 Å². The Balaban J connectivity index is 2.44. The van der Waals surface area contributed by atoms with Crippen molar-refractivity contribution < 1.29 is 14.6 Å². The summed E-state index contributed by atoms with van der Waals surface area (Å²) in [5.74, 6) is -1.06. The van der Waals surface area contributed by atoms with Crippen molar-refractivity contribution in [3.63, 3.8) is 0 Å². The van der Waals surface area contributed by atoms with Gasteiger partial charge in [-0.15, -0.1) is 11.3 Å². The summed E-state index contributed by atoms with van der Waals surface area (Å²) in [6, 6.07) is 8.86. The van der Waals surface area contributed by atoms with Crippen molar-refractivity contribution in [3.8, 4) is 0 Å². The van der Waals surface area contributed by atoms with Crippen LogP contribution in [0.3, 0.4) is 0 Å². The van der Waals surface area contributed by atoms with E-state index in [1.807, 2.05) is 19.1 Å². The second kappa shape index (κ2) is 7.64. The number of aliphatic hydroxyl groups excluding tert-OH is 1. The lowest BCUT2D eigenvalue weighted by atomic mass is 10.1. The summed E-state index contributed by atoms with van der Waals surface area (Å²) in [6.45, 7) is 1.96. The Kier molecular flexibility index (Phi) is 5.82. The molecule has 0 unspecified atom stereocenters. The first-order valence-electron chi connectivity index (χ1n) is 6.50. The minimum absolute atomic E-state index is 0.107. The van der Waals surface area contributed by atoms with Gasteiger partial charge >= 0.3 is 5.97 Å². The third-order valence-electron chi connectivity index (χ3n) is 2.95. The molecule has 0 saturated carbocycles. The molecule has 0 bridgehead atoms. The number of ether oxygens (including phenoxy) is 1. The number of aliphatic hydroxyl groups is 1. The number of methoxy groups -OCH3 is 1. The molecule has 1 aromatic carbocycles. The number of rotatable bonds is 4. The molecule has 1 heterocycles. The fourth-order valence-electron chi connectivity index (χ4n) is 1.74. The van der Waals surface area contributed by atoms with Crippen molar-refractivity contribution >= 4 is 58.2 Å². The molecular weight excluding hydrogens is 357 g/mol. The van der Waals surface area contributed by atoms with Crippen LogP contribution in [0.4, 0.5) is 5.69 Å². The zero-order valence-corrected chi connectivity index (χ0v) is 14.7. The van der Waals surface area contributed by atoms with Gasteiger partial charge in [-0.1, -0.05) is 40.9 Å². The van der Waals surface area contributed by atoms with Crippen LogP contribution >= 0.6 is 34.5 Å². The Labute approximate surface area is 147 Å². The molecule has 0 aliphatic carbocycles. The summed E-state index contributed by atoms with van der Waals surface area (Å²) in [5.41, 5.74) is 1.89. The highest BCUT2D eigenvalue weighted by atomic mass is 35.5. The van der Waals surface area contributed by atoms with Gasteiger partial charge in [-0.25, -0.2) is 4.79 Å². The number of aryl methyl sites for hydroxylation is 1. The Morgan fingerprint density at radius 1 is 1.30 bits per heavy atom. The first-order valence-corrected chi connectivity index (χ1v) is 8.07. The predicted molar refractivity (Wildman–Crippen MR) is 95.2 cm³/mol. The van der Waals surface area contributed by atoms with Crippen molar-refractivity contribution in [2.45, 2.75) is 6.92 Å². The molecule has 0 atom stereocenters. The molecule has 2 rings (SSSR count). The van der Waals surface area contributed by atoms with E-state index in [-0.39, 0.29) is 21.2 Å². The number of aliphatic imine (C=N–C) groups is 1. The molecule has 120 valence electrons. The molecule has 1 aromatic heterocycles. The topological polar surface area (TPSA) is 58.9 Å². The maximum absolute atomic E-state index is 11.9. The highest BCUT2D eigenvalue weighted by molar-refractivity contribution is 7.20. The summed E-state index contributed by atoms with van der Waals surface area (Å²) in [5, 5.41) is 10.3. The van der Waals surface area contributed by atoms with Gasteiger partial charge in [0.2, 0.25) is 0 Å². The monoisotopic (exact) mass is 369 g/mol. The normalized spacial score (nSPS) is 12.3. The van der Waals surface area contributed by atoms with Crippen LogP contribution in [0.2, 0.25) is 8.67 Å². The fourth-order valence-corrected chi connectivity index (χ4v) is 3.20. The third kappa shape index (κ3) is 4.34. The van der Waals surface area contributed by atoms with E-state index in [2.05, 4.69) is 9.73 Å². The highest BCUT2D eigenvalue weighted by Crippen LogP contribution is 2.35. The summed E-state index contributed by atoms with van der Waals surface area (Å²) in [6.07, 6.45) is 1.24. The van der Waals surface area contributed by atoms with Crippen LogP contribution < -0.4 is 0 Å². The van der Waals surface area contributed by atoms with Crippen LogP contribution in [-0.4, -0.2) is 24.4 Å². The van der Waals surface area contributed by atoms with Crippen LogP contribution in [0, 0.1) is 6.92 Å². The number of hydrogen-bond donors (Lipinski definition) is 1. The van der Waals surface area contributed by atoms with Crippen molar-refractivity contribution in [2.75, 3.05) is 7.11 Å². The van der Waals surface area contributed by atoms with Gasteiger partial charge < -0.3 is 9.84 Å². The maximum atomic E-state index is 11.9. The van der Waals surface area contributed by atoms with Gasteiger partial charge in [0.1, 0.15) is 15.7 Å². The molecule has 7 heteroatoms. The Bertz CT molecular complexity index is 779. The number of benzene rings is 1. The zero-order chi connectivity index (χ0) is 17.0. The SMILES string of the molecule is COC(=O)/C(C=Nc1ccc(C)cc1)=C(\O)c1cc(Cl)sc1Cl. The van der Waals surface area contributed by atoms with E-state index < -0.39 is 5.97 Å². The Hall–Kier alpha value is -1.82. The lowest BCUT2D eigenvalue weighted by molar-refractivity contribution is -0.135. The molecule has 0 spiro atoms. The lowest BCUT2D eigenvalue weighted by Crippen LogP contribution is -2.08. The molecule has 0 saturated heterocycles. The van der Waals surface area contributed by atoms with Gasteiger partial charge in [0, 0.05) is 11.8 Å². The molecule has 0 radical (unpaired) electrons. The quantitative estimate of drug-likeness (QED) is 0.348. The van der Waals surface area contributed by atoms with Crippen LogP contribution in [0.5, 0.6) is 0 Å². The van der Waals surface area contributed by atoms with E-state index >= 15 is 0 Å². The zero-order valence-electron chi connectivity index (χ0n) is 12.3. The molecule has 0 aliphatic rings. The molecular formula is C16H13Cl2NO3S. The number of hydrogen-bond acceptors (Lipinski definition) is 5. The van der Waals surface area contributed by atoms with Gasteiger partial charge in [0.15, 0.2) is 0 Å². The summed E-state index contributed by atoms with van der Waals surface area (Å²) in [4.78, 5) is 16.1. The largest absolute Gasteiger partial charge is 0.506 e. The number of carbonyl (C=O) groups is 1. The number of carbonyl (C=O) groups excluding carboxylic acids is 1. The predicted octanol–water partition coefficient (Wildman–Crippen LogP) is 5.21. The number of esters is 1. The van der Waals surface area contributed by atoms with Gasteiger partial charge in [0.25, 0.3) is 0 Å². The third-order valence-corrected chi connectivity index (χ3v) is 4.44. The van der Waals surface area contributed by atoms with Gasteiger partial charge in [-0.3, -0.25) is 4.99 Å². The molecule has 0 amide bonds. The van der Waals surface area contributed by atoms with Gasteiger partial charge in [-0.05, 0) is 25.1 Å². The van der Waals surface area contributed by atoms with E-state index in [1.54, 1.807) is 12.1 Å². The van der Waals surface area contributed by atoms with Crippen LogP contribution in [0.1, 0.15) is 11.1 Å². The summed E-state index contributed by atoms with van der Waals surface area (Å²) < 4.78 is 5.36. The number of halogens is 2. The van der Waals surface area contributed by atoms with E-state index in [1.165, 1.54) is 19.4 Å². The van der Waals surface area contributed by atoms with Crippen molar-refractivity contribution in [1.29, 1.82) is 0 Å². The minimum atomic E-state index is -0.725. The molecule has 0 fully saturated rings. The summed E-state index contributed by atoms with van der Waals surface area (Å²) >= 11 is 13.0. The van der Waals surface area contributed by atoms with Crippen LogP contribution in [0.15, 0.2) is 40.9 Å². The minimum Gasteiger partial charge on any atom is -0.506 e. The van der Waals surface area contributed by atoms with Crippen LogP contribution in [0.25, 0.3) is 5.76 Å². The maximum Gasteiger partial charge on any atom is 0.343 e. The molecule has 2 aromatic rings. The molecule has 0 aliphatic heterocycles. The molecule has 1 N–H and O–H groups in total. The van der Waals surface area contributed by atoms with Crippen LogP contribution in [-0.2, 0) is 9.53 Å². The second-order valence-electron chi connectivity index (χ2n) is 4.59. The van der Waals surface area contributed by atoms with E-state index in [0.717, 1.165) is 16.9 Å². The average molecular weight is 370 g/mol. The Morgan fingerprint density at radius 3 is 2.48 bits per heavy atom.